The zero-order valence-corrected chi connectivity index (χ0v) is 12.1. The van der Waals surface area contributed by atoms with E-state index in [1.807, 2.05) is 0 Å². The Bertz CT molecular complexity index is 667. The molecule has 0 aromatic heterocycles. The minimum Gasteiger partial charge on any atom is -0.490 e. The van der Waals surface area contributed by atoms with Crippen LogP contribution in [0.3, 0.4) is 0 Å². The highest BCUT2D eigenvalue weighted by atomic mass is 35.5. The number of hydrogen-bond donors (Lipinski definition) is 0. The summed E-state index contributed by atoms with van der Waals surface area (Å²) in [5, 5.41) is 0.310. The highest BCUT2D eigenvalue weighted by Gasteiger charge is 2.15. The monoisotopic (exact) mass is 304 g/mol. The Balaban J connectivity index is 2.28. The fourth-order valence-corrected chi connectivity index (χ4v) is 1.95. The molecule has 5 heteroatoms. The molecule has 0 aliphatic rings. The predicted octanol–water partition coefficient (Wildman–Crippen LogP) is 3.77. The van der Waals surface area contributed by atoms with Crippen LogP contribution in [0.5, 0.6) is 11.5 Å². The van der Waals surface area contributed by atoms with E-state index in [0.717, 1.165) is 0 Å². The molecule has 0 N–H and O–H groups in total. The Kier molecular flexibility index (Phi) is 4.95. The number of hydrogen-bond acceptors (Lipinski definition) is 4. The minimum absolute atomic E-state index is 0.243. The molecule has 0 radical (unpaired) electrons. The van der Waals surface area contributed by atoms with Crippen molar-refractivity contribution in [2.24, 2.45) is 0 Å². The van der Waals surface area contributed by atoms with Gasteiger partial charge in [-0.05, 0) is 37.3 Å². The summed E-state index contributed by atoms with van der Waals surface area (Å²) >= 11 is 5.96. The van der Waals surface area contributed by atoms with Crippen molar-refractivity contribution < 1.29 is 19.1 Å². The highest BCUT2D eigenvalue weighted by molar-refractivity contribution is 6.33. The van der Waals surface area contributed by atoms with Crippen molar-refractivity contribution in [1.29, 1.82) is 0 Å². The van der Waals surface area contributed by atoms with Crippen LogP contribution in [0.4, 0.5) is 0 Å². The quantitative estimate of drug-likeness (QED) is 0.479. The molecule has 0 unspecified atom stereocenters. The normalized spacial score (nSPS) is 10.0. The lowest BCUT2D eigenvalue weighted by Crippen LogP contribution is -2.10. The summed E-state index contributed by atoms with van der Waals surface area (Å²) in [7, 11) is 0. The van der Waals surface area contributed by atoms with Crippen LogP contribution in [0.1, 0.15) is 27.6 Å². The maximum Gasteiger partial charge on any atom is 0.345 e. The number of ether oxygens (including phenoxy) is 2. The number of aldehydes is 1. The van der Waals surface area contributed by atoms with Crippen LogP contribution >= 0.6 is 11.6 Å². The van der Waals surface area contributed by atoms with Crippen molar-refractivity contribution in [3.8, 4) is 11.5 Å². The molecule has 0 amide bonds. The van der Waals surface area contributed by atoms with Gasteiger partial charge in [-0.3, -0.25) is 4.79 Å². The second-order valence-electron chi connectivity index (χ2n) is 4.13. The summed E-state index contributed by atoms with van der Waals surface area (Å²) in [4.78, 5) is 22.9. The van der Waals surface area contributed by atoms with Gasteiger partial charge in [0.05, 0.1) is 17.2 Å². The lowest BCUT2D eigenvalue weighted by atomic mass is 10.2. The Labute approximate surface area is 127 Å². The Morgan fingerprint density at radius 3 is 2.62 bits per heavy atom. The predicted molar refractivity (Wildman–Crippen MR) is 79.4 cm³/mol. The SMILES string of the molecule is CCOc1cc(C=O)ccc1OC(=O)c1ccccc1Cl. The number of rotatable bonds is 5. The van der Waals surface area contributed by atoms with Gasteiger partial charge in [0.1, 0.15) is 6.29 Å². The first kappa shape index (κ1) is 15.1. The fraction of sp³-hybridized carbons (Fsp3) is 0.125. The van der Waals surface area contributed by atoms with Gasteiger partial charge in [0.25, 0.3) is 0 Å². The van der Waals surface area contributed by atoms with E-state index in [4.69, 9.17) is 21.1 Å². The van der Waals surface area contributed by atoms with Gasteiger partial charge in [-0.15, -0.1) is 0 Å². The third-order valence-electron chi connectivity index (χ3n) is 2.70. The van der Waals surface area contributed by atoms with E-state index < -0.39 is 5.97 Å². The van der Waals surface area contributed by atoms with E-state index in [0.29, 0.717) is 29.2 Å². The smallest absolute Gasteiger partial charge is 0.345 e. The molecule has 0 fully saturated rings. The summed E-state index contributed by atoms with van der Waals surface area (Å²) in [6.45, 7) is 2.19. The highest BCUT2D eigenvalue weighted by Crippen LogP contribution is 2.29. The summed E-state index contributed by atoms with van der Waals surface area (Å²) in [6, 6.07) is 11.2. The Morgan fingerprint density at radius 1 is 1.19 bits per heavy atom. The number of carbonyl (C=O) groups excluding carboxylic acids is 2. The molecular weight excluding hydrogens is 292 g/mol. The second-order valence-corrected chi connectivity index (χ2v) is 4.53. The molecule has 0 aliphatic heterocycles. The van der Waals surface area contributed by atoms with E-state index in [-0.39, 0.29) is 11.3 Å². The Morgan fingerprint density at radius 2 is 1.95 bits per heavy atom. The van der Waals surface area contributed by atoms with Crippen LogP contribution in [0.15, 0.2) is 42.5 Å². The zero-order chi connectivity index (χ0) is 15.2. The number of carbonyl (C=O) groups is 2. The molecule has 2 aromatic carbocycles. The molecule has 0 heterocycles. The molecule has 0 bridgehead atoms. The average molecular weight is 305 g/mol. The minimum atomic E-state index is -0.583. The van der Waals surface area contributed by atoms with Gasteiger partial charge in [0, 0.05) is 5.56 Å². The van der Waals surface area contributed by atoms with Crippen molar-refractivity contribution in [3.05, 3.63) is 58.6 Å². The van der Waals surface area contributed by atoms with Crippen LogP contribution in [-0.2, 0) is 0 Å². The summed E-state index contributed by atoms with van der Waals surface area (Å²) in [5.74, 6) is -0.00437. The van der Waals surface area contributed by atoms with Crippen LogP contribution in [0.25, 0.3) is 0 Å². The molecule has 21 heavy (non-hydrogen) atoms. The van der Waals surface area contributed by atoms with E-state index >= 15 is 0 Å². The third-order valence-corrected chi connectivity index (χ3v) is 3.03. The van der Waals surface area contributed by atoms with Gasteiger partial charge in [-0.25, -0.2) is 4.79 Å². The van der Waals surface area contributed by atoms with Crippen molar-refractivity contribution in [2.75, 3.05) is 6.61 Å². The van der Waals surface area contributed by atoms with Crippen molar-refractivity contribution >= 4 is 23.9 Å². The topological polar surface area (TPSA) is 52.6 Å². The zero-order valence-electron chi connectivity index (χ0n) is 11.3. The number of halogens is 1. The van der Waals surface area contributed by atoms with Gasteiger partial charge in [0.2, 0.25) is 0 Å². The lowest BCUT2D eigenvalue weighted by Gasteiger charge is -2.11. The van der Waals surface area contributed by atoms with Crippen LogP contribution in [0, 0.1) is 0 Å². The first-order chi connectivity index (χ1) is 10.2. The largest absolute Gasteiger partial charge is 0.490 e. The van der Waals surface area contributed by atoms with Gasteiger partial charge < -0.3 is 9.47 Å². The first-order valence-corrected chi connectivity index (χ1v) is 6.72. The van der Waals surface area contributed by atoms with Crippen LogP contribution < -0.4 is 9.47 Å². The maximum atomic E-state index is 12.1. The lowest BCUT2D eigenvalue weighted by molar-refractivity contribution is 0.0728. The van der Waals surface area contributed by atoms with E-state index in [1.54, 1.807) is 37.3 Å². The molecular formula is C16H13ClO4. The molecule has 0 aliphatic carbocycles. The van der Waals surface area contributed by atoms with Crippen LogP contribution in [-0.4, -0.2) is 18.9 Å². The number of esters is 1. The summed E-state index contributed by atoms with van der Waals surface area (Å²) < 4.78 is 10.7. The van der Waals surface area contributed by atoms with Gasteiger partial charge in [0.15, 0.2) is 11.5 Å². The molecule has 2 aromatic rings. The Hall–Kier alpha value is -2.33. The van der Waals surface area contributed by atoms with E-state index in [2.05, 4.69) is 0 Å². The van der Waals surface area contributed by atoms with Crippen molar-refractivity contribution in [3.63, 3.8) is 0 Å². The van der Waals surface area contributed by atoms with E-state index in [1.165, 1.54) is 12.1 Å². The van der Waals surface area contributed by atoms with Gasteiger partial charge in [-0.1, -0.05) is 23.7 Å². The average Bonchev–Trinajstić information content (AvgIpc) is 2.49. The molecule has 108 valence electrons. The molecule has 0 atom stereocenters. The van der Waals surface area contributed by atoms with Crippen LogP contribution in [0.2, 0.25) is 5.02 Å². The summed E-state index contributed by atoms with van der Waals surface area (Å²) in [6.07, 6.45) is 0.697. The summed E-state index contributed by atoms with van der Waals surface area (Å²) in [5.41, 5.74) is 0.706. The number of benzene rings is 2. The third kappa shape index (κ3) is 3.61. The molecule has 4 nitrogen and oxygen atoms in total. The standard InChI is InChI=1S/C16H13ClO4/c1-2-20-15-9-11(10-18)7-8-14(15)21-16(19)12-5-3-4-6-13(12)17/h3-10H,2H2,1H3. The van der Waals surface area contributed by atoms with Gasteiger partial charge in [-0.2, -0.15) is 0 Å². The molecule has 2 rings (SSSR count). The molecule has 0 saturated heterocycles. The van der Waals surface area contributed by atoms with Gasteiger partial charge >= 0.3 is 5.97 Å². The van der Waals surface area contributed by atoms with E-state index in [9.17, 15) is 9.59 Å². The second kappa shape index (κ2) is 6.90. The first-order valence-electron chi connectivity index (χ1n) is 6.34. The fourth-order valence-electron chi connectivity index (χ4n) is 1.73. The molecule has 0 spiro atoms. The maximum absolute atomic E-state index is 12.1. The van der Waals surface area contributed by atoms with Crippen molar-refractivity contribution in [1.82, 2.24) is 0 Å². The van der Waals surface area contributed by atoms with Crippen molar-refractivity contribution in [2.45, 2.75) is 6.92 Å². The molecule has 0 saturated carbocycles.